The predicted octanol–water partition coefficient (Wildman–Crippen LogP) is 3.61. The fourth-order valence-corrected chi connectivity index (χ4v) is 3.71. The number of amides is 1. The molecule has 136 valence electrons. The maximum Gasteiger partial charge on any atom is 0.234 e. The van der Waals surface area contributed by atoms with Crippen molar-refractivity contribution in [3.63, 3.8) is 0 Å². The van der Waals surface area contributed by atoms with Crippen LogP contribution in [0.15, 0.2) is 48.5 Å². The number of benzene rings is 2. The molecule has 5 nitrogen and oxygen atoms in total. The number of rotatable bonds is 7. The van der Waals surface area contributed by atoms with Crippen molar-refractivity contribution < 1.29 is 9.53 Å². The predicted molar refractivity (Wildman–Crippen MR) is 106 cm³/mol. The first-order valence-corrected chi connectivity index (χ1v) is 9.34. The summed E-state index contributed by atoms with van der Waals surface area (Å²) < 4.78 is 6.31. The zero-order valence-corrected chi connectivity index (χ0v) is 16.0. The fraction of sp³-hybridized carbons (Fsp3) is 0.300. The third-order valence-corrected chi connectivity index (χ3v) is 5.58. The van der Waals surface area contributed by atoms with Gasteiger partial charge in [-0.05, 0) is 43.8 Å². The van der Waals surface area contributed by atoms with E-state index < -0.39 is 0 Å². The van der Waals surface area contributed by atoms with Crippen molar-refractivity contribution >= 4 is 27.5 Å². The topological polar surface area (TPSA) is 54.5 Å². The summed E-state index contributed by atoms with van der Waals surface area (Å²) in [6.45, 7) is 2.91. The van der Waals surface area contributed by atoms with Gasteiger partial charge >= 0.3 is 0 Å². The van der Waals surface area contributed by atoms with E-state index in [9.17, 15) is 4.79 Å². The number of thiazole rings is 1. The van der Waals surface area contributed by atoms with Gasteiger partial charge in [-0.3, -0.25) is 9.69 Å². The van der Waals surface area contributed by atoms with Crippen molar-refractivity contribution in [1.82, 2.24) is 15.2 Å². The lowest BCUT2D eigenvalue weighted by Gasteiger charge is -2.22. The molecular weight excluding hydrogens is 346 g/mol. The number of likely N-dealkylation sites (N-methyl/N-ethyl adjacent to an activating group) is 1. The number of methoxy groups -OCH3 is 1. The van der Waals surface area contributed by atoms with Crippen LogP contribution in [0.3, 0.4) is 0 Å². The van der Waals surface area contributed by atoms with Crippen molar-refractivity contribution in [2.75, 3.05) is 20.7 Å². The van der Waals surface area contributed by atoms with E-state index in [4.69, 9.17) is 4.74 Å². The average Bonchev–Trinajstić information content (AvgIpc) is 3.10. The van der Waals surface area contributed by atoms with Gasteiger partial charge in [-0.25, -0.2) is 4.98 Å². The van der Waals surface area contributed by atoms with Crippen molar-refractivity contribution in [3.8, 4) is 5.75 Å². The first-order valence-electron chi connectivity index (χ1n) is 8.52. The first-order chi connectivity index (χ1) is 12.6. The monoisotopic (exact) mass is 369 g/mol. The quantitative estimate of drug-likeness (QED) is 0.691. The Bertz CT molecular complexity index is 843. The number of aromatic nitrogens is 1. The lowest BCUT2D eigenvalue weighted by molar-refractivity contribution is -0.122. The van der Waals surface area contributed by atoms with E-state index in [-0.39, 0.29) is 11.9 Å². The molecule has 0 aliphatic carbocycles. The molecule has 2 aromatic carbocycles. The molecule has 26 heavy (non-hydrogen) atoms. The molecule has 3 rings (SSSR count). The number of carbonyl (C=O) groups is 1. The highest BCUT2D eigenvalue weighted by Gasteiger charge is 2.18. The molecule has 3 aromatic rings. The molecule has 6 heteroatoms. The summed E-state index contributed by atoms with van der Waals surface area (Å²) >= 11 is 1.68. The van der Waals surface area contributed by atoms with Gasteiger partial charge in [-0.1, -0.05) is 24.3 Å². The van der Waals surface area contributed by atoms with Gasteiger partial charge in [0.05, 0.1) is 29.9 Å². The maximum atomic E-state index is 12.3. The molecule has 1 aromatic heterocycles. The lowest BCUT2D eigenvalue weighted by atomic mass is 10.2. The van der Waals surface area contributed by atoms with Crippen LogP contribution in [0.1, 0.15) is 23.5 Å². The van der Waals surface area contributed by atoms with Gasteiger partial charge in [0.25, 0.3) is 0 Å². The van der Waals surface area contributed by atoms with E-state index in [1.165, 1.54) is 4.70 Å². The first kappa shape index (κ1) is 18.4. The van der Waals surface area contributed by atoms with Gasteiger partial charge in [0, 0.05) is 6.54 Å². The van der Waals surface area contributed by atoms with Crippen molar-refractivity contribution in [3.05, 3.63) is 59.1 Å². The number of para-hydroxylation sites is 1. The van der Waals surface area contributed by atoms with Crippen molar-refractivity contribution in [1.29, 1.82) is 0 Å². The second kappa shape index (κ2) is 8.29. The van der Waals surface area contributed by atoms with Gasteiger partial charge in [0.1, 0.15) is 10.8 Å². The van der Waals surface area contributed by atoms with Crippen LogP contribution < -0.4 is 10.1 Å². The third-order valence-electron chi connectivity index (χ3n) is 4.37. The SMILES string of the molecule is COc1ccc(CNC(=O)CN(C)[C@H](C)c2nc3ccccc3s2)cc1. The Balaban J connectivity index is 1.54. The Hall–Kier alpha value is -2.44. The molecule has 0 aliphatic rings. The number of nitrogens with zero attached hydrogens (tertiary/aromatic N) is 2. The van der Waals surface area contributed by atoms with Gasteiger partial charge in [0.2, 0.25) is 5.91 Å². The van der Waals surface area contributed by atoms with Gasteiger partial charge in [-0.2, -0.15) is 0 Å². The number of ether oxygens (including phenoxy) is 1. The summed E-state index contributed by atoms with van der Waals surface area (Å²) in [5, 5.41) is 3.99. The van der Waals surface area contributed by atoms with Crippen LogP contribution in [0.4, 0.5) is 0 Å². The second-order valence-electron chi connectivity index (χ2n) is 6.24. The zero-order chi connectivity index (χ0) is 18.5. The van der Waals surface area contributed by atoms with E-state index in [1.54, 1.807) is 18.4 Å². The summed E-state index contributed by atoms with van der Waals surface area (Å²) in [5.41, 5.74) is 2.05. The number of carbonyl (C=O) groups excluding carboxylic acids is 1. The Morgan fingerprint density at radius 1 is 1.23 bits per heavy atom. The second-order valence-corrected chi connectivity index (χ2v) is 7.30. The molecule has 0 spiro atoms. The molecule has 0 unspecified atom stereocenters. The molecule has 1 heterocycles. The highest BCUT2D eigenvalue weighted by atomic mass is 32.1. The maximum absolute atomic E-state index is 12.3. The molecule has 0 aliphatic heterocycles. The Labute approximate surface area is 157 Å². The summed E-state index contributed by atoms with van der Waals surface area (Å²) in [6, 6.07) is 15.9. The number of nitrogens with one attached hydrogen (secondary N) is 1. The number of hydrogen-bond acceptors (Lipinski definition) is 5. The van der Waals surface area contributed by atoms with Gasteiger partial charge < -0.3 is 10.1 Å². The molecule has 0 bridgehead atoms. The molecule has 0 fully saturated rings. The van der Waals surface area contributed by atoms with E-state index in [0.29, 0.717) is 13.1 Å². The molecule has 1 atom stereocenters. The van der Waals surface area contributed by atoms with E-state index >= 15 is 0 Å². The molecular formula is C20H23N3O2S. The normalized spacial score (nSPS) is 12.3. The smallest absolute Gasteiger partial charge is 0.234 e. The highest BCUT2D eigenvalue weighted by Crippen LogP contribution is 2.28. The molecule has 1 amide bonds. The van der Waals surface area contributed by atoms with Crippen LogP contribution in [0.2, 0.25) is 0 Å². The molecule has 1 N–H and O–H groups in total. The number of hydrogen-bond donors (Lipinski definition) is 1. The summed E-state index contributed by atoms with van der Waals surface area (Å²) in [5.74, 6) is 0.806. The zero-order valence-electron chi connectivity index (χ0n) is 15.2. The van der Waals surface area contributed by atoms with E-state index in [1.807, 2.05) is 54.4 Å². The van der Waals surface area contributed by atoms with Crippen LogP contribution in [0.5, 0.6) is 5.75 Å². The van der Waals surface area contributed by atoms with Crippen LogP contribution in [-0.2, 0) is 11.3 Å². The molecule has 0 radical (unpaired) electrons. The molecule has 0 saturated carbocycles. The summed E-state index contributed by atoms with van der Waals surface area (Å²) in [4.78, 5) is 19.0. The van der Waals surface area contributed by atoms with Crippen LogP contribution in [0, 0.1) is 0 Å². The minimum absolute atomic E-state index is 0.00345. The Morgan fingerprint density at radius 3 is 2.65 bits per heavy atom. The van der Waals surface area contributed by atoms with E-state index in [2.05, 4.69) is 23.3 Å². The van der Waals surface area contributed by atoms with Gasteiger partial charge in [-0.15, -0.1) is 11.3 Å². The minimum atomic E-state index is -0.00345. The van der Waals surface area contributed by atoms with E-state index in [0.717, 1.165) is 21.8 Å². The van der Waals surface area contributed by atoms with Crippen LogP contribution >= 0.6 is 11.3 Å². The minimum Gasteiger partial charge on any atom is -0.497 e. The van der Waals surface area contributed by atoms with Crippen LogP contribution in [-0.4, -0.2) is 36.5 Å². The van der Waals surface area contributed by atoms with Gasteiger partial charge in [0.15, 0.2) is 0 Å². The standard InChI is InChI=1S/C20H23N3O2S/c1-14(20-22-17-6-4-5-7-18(17)26-20)23(2)13-19(24)21-12-15-8-10-16(25-3)11-9-15/h4-11,14H,12-13H2,1-3H3,(H,21,24)/t14-/m1/s1. The van der Waals surface area contributed by atoms with Crippen molar-refractivity contribution in [2.45, 2.75) is 19.5 Å². The van der Waals surface area contributed by atoms with Crippen molar-refractivity contribution in [2.24, 2.45) is 0 Å². The third kappa shape index (κ3) is 4.39. The Morgan fingerprint density at radius 2 is 1.96 bits per heavy atom. The highest BCUT2D eigenvalue weighted by molar-refractivity contribution is 7.18. The summed E-state index contributed by atoms with van der Waals surface area (Å²) in [6.07, 6.45) is 0. The number of fused-ring (bicyclic) bond motifs is 1. The largest absolute Gasteiger partial charge is 0.497 e. The van der Waals surface area contributed by atoms with Crippen LogP contribution in [0.25, 0.3) is 10.2 Å². The average molecular weight is 369 g/mol. The fourth-order valence-electron chi connectivity index (χ4n) is 2.62. The Kier molecular flexibility index (Phi) is 5.85. The molecule has 0 saturated heterocycles. The lowest BCUT2D eigenvalue weighted by Crippen LogP contribution is -2.36. The summed E-state index contributed by atoms with van der Waals surface area (Å²) in [7, 11) is 3.59.